The van der Waals surface area contributed by atoms with Gasteiger partial charge in [-0.1, -0.05) is 0 Å². The van der Waals surface area contributed by atoms with Gasteiger partial charge in [0.05, 0.1) is 18.1 Å². The highest BCUT2D eigenvalue weighted by Gasteiger charge is 2.13. The van der Waals surface area contributed by atoms with Crippen LogP contribution in [0.25, 0.3) is 0 Å². The van der Waals surface area contributed by atoms with Gasteiger partial charge in [-0.25, -0.2) is 0 Å². The summed E-state index contributed by atoms with van der Waals surface area (Å²) in [4.78, 5) is 119. The van der Waals surface area contributed by atoms with Crippen LogP contribution in [0.3, 0.4) is 0 Å². The molecule has 0 aromatic rings. The second-order valence-electron chi connectivity index (χ2n) is 12.2. The lowest BCUT2D eigenvalue weighted by Crippen LogP contribution is -2.41. The molecule has 0 fully saturated rings. The summed E-state index contributed by atoms with van der Waals surface area (Å²) in [5, 5.41) is 32.1. The Balaban J connectivity index is 4.28. The first kappa shape index (κ1) is 52.4. The quantitative estimate of drug-likeness (QED) is 0.0279. The van der Waals surface area contributed by atoms with Crippen molar-refractivity contribution < 1.29 is 53.1 Å². The van der Waals surface area contributed by atoms with Crippen molar-refractivity contribution in [1.82, 2.24) is 52.8 Å². The summed E-state index contributed by atoms with van der Waals surface area (Å²) in [6.45, 7) is 1.19. The van der Waals surface area contributed by atoms with E-state index in [2.05, 4.69) is 47.9 Å². The molecule has 0 aliphatic carbocycles. The second-order valence-corrected chi connectivity index (χ2v) is 14.4. The lowest BCUT2D eigenvalue weighted by atomic mass is 10.3. The van der Waals surface area contributed by atoms with Crippen LogP contribution in [-0.2, 0) is 47.9 Å². The highest BCUT2D eigenvalue weighted by Crippen LogP contribution is 2.02. The van der Waals surface area contributed by atoms with E-state index in [4.69, 9.17) is 5.11 Å². The number of carbonyl (C=O) groups is 10. The van der Waals surface area contributed by atoms with Crippen molar-refractivity contribution in [3.8, 4) is 0 Å². The van der Waals surface area contributed by atoms with E-state index in [0.29, 0.717) is 37.4 Å². The minimum atomic E-state index is -1.19. The Morgan fingerprint density at radius 2 is 0.772 bits per heavy atom. The number of nitrogens with one attached hydrogen (secondary N) is 9. The molecule has 57 heavy (non-hydrogen) atoms. The predicted octanol–water partition coefficient (Wildman–Crippen LogP) is -3.73. The summed E-state index contributed by atoms with van der Waals surface area (Å²) in [5.41, 5.74) is 0. The van der Waals surface area contributed by atoms with Gasteiger partial charge in [0.1, 0.15) is 6.54 Å². The van der Waals surface area contributed by atoms with Crippen LogP contribution in [-0.4, -0.2) is 172 Å². The molecule has 0 heterocycles. The number of nitrogens with zero attached hydrogens (tertiary/aromatic N) is 1. The largest absolute Gasteiger partial charge is 0.480 e. The Labute approximate surface area is 341 Å². The summed E-state index contributed by atoms with van der Waals surface area (Å²) < 4.78 is 0. The van der Waals surface area contributed by atoms with Crippen LogP contribution in [0.1, 0.15) is 51.4 Å². The molecule has 0 spiro atoms. The summed E-state index contributed by atoms with van der Waals surface area (Å²) in [6, 6.07) is 0. The summed E-state index contributed by atoms with van der Waals surface area (Å²) in [6.07, 6.45) is 1.53. The van der Waals surface area contributed by atoms with Crippen LogP contribution in [0.2, 0.25) is 0 Å². The zero-order valence-corrected chi connectivity index (χ0v) is 34.5. The Hall–Kier alpha value is -4.64. The molecule has 0 aliphatic rings. The van der Waals surface area contributed by atoms with Gasteiger partial charge in [0, 0.05) is 116 Å². The number of hydrogen-bond donors (Lipinski definition) is 10. The van der Waals surface area contributed by atoms with Crippen molar-refractivity contribution >= 4 is 82.7 Å². The van der Waals surface area contributed by atoms with Crippen LogP contribution in [0.5, 0.6) is 0 Å². The fraction of sp³-hybridized carbons (Fsp3) is 0.706. The molecule has 23 heteroatoms. The normalized spacial score (nSPS) is 10.4. The van der Waals surface area contributed by atoms with Crippen molar-refractivity contribution in [1.29, 1.82) is 0 Å². The van der Waals surface area contributed by atoms with Gasteiger partial charge in [-0.3, -0.25) is 52.8 Å². The maximum absolute atomic E-state index is 12.3. The fourth-order valence-electron chi connectivity index (χ4n) is 4.36. The third-order valence-corrected chi connectivity index (χ3v) is 9.34. The van der Waals surface area contributed by atoms with Gasteiger partial charge in [-0.05, 0) is 12.8 Å². The molecular formula is C34H60N10O11S2. The summed E-state index contributed by atoms with van der Waals surface area (Å²) in [5.74, 6) is -2.13. The minimum Gasteiger partial charge on any atom is -0.480 e. The van der Waals surface area contributed by atoms with Crippen molar-refractivity contribution in [2.24, 2.45) is 0 Å². The van der Waals surface area contributed by atoms with Gasteiger partial charge in [-0.15, -0.1) is 0 Å². The number of carboxylic acids is 1. The lowest BCUT2D eigenvalue weighted by molar-refractivity contribution is -0.138. The van der Waals surface area contributed by atoms with Crippen LogP contribution >= 0.6 is 23.5 Å². The molecule has 9 amide bonds. The van der Waals surface area contributed by atoms with Crippen LogP contribution in [0.15, 0.2) is 0 Å². The zero-order chi connectivity index (χ0) is 42.7. The van der Waals surface area contributed by atoms with Crippen molar-refractivity contribution in [2.45, 2.75) is 51.4 Å². The first-order valence-electron chi connectivity index (χ1n) is 18.6. The van der Waals surface area contributed by atoms with E-state index in [1.807, 2.05) is 0 Å². The molecule has 0 aromatic heterocycles. The van der Waals surface area contributed by atoms with E-state index in [9.17, 15) is 47.9 Å². The zero-order valence-electron chi connectivity index (χ0n) is 32.8. The number of amides is 9. The Bertz CT molecular complexity index is 1230. The molecule has 0 saturated heterocycles. The lowest BCUT2D eigenvalue weighted by Gasteiger charge is -2.22. The fourth-order valence-corrected chi connectivity index (χ4v) is 5.97. The Morgan fingerprint density at radius 3 is 1.11 bits per heavy atom. The number of hydrogen-bond acceptors (Lipinski definition) is 13. The Morgan fingerprint density at radius 1 is 0.439 bits per heavy atom. The molecule has 0 unspecified atom stereocenters. The molecule has 0 atom stereocenters. The molecule has 0 aliphatic heterocycles. The van der Waals surface area contributed by atoms with Gasteiger partial charge < -0.3 is 53.0 Å². The van der Waals surface area contributed by atoms with Crippen LogP contribution in [0, 0.1) is 0 Å². The maximum Gasteiger partial charge on any atom is 0.322 e. The van der Waals surface area contributed by atoms with Gasteiger partial charge in [0.15, 0.2) is 0 Å². The Kier molecular flexibility index (Phi) is 31.8. The number of carboxylic acid groups (broad SMARTS) is 1. The summed E-state index contributed by atoms with van der Waals surface area (Å²) >= 11 is 2.66. The number of carbonyl (C=O) groups excluding carboxylic acids is 9. The van der Waals surface area contributed by atoms with Crippen molar-refractivity contribution in [3.05, 3.63) is 0 Å². The average molecular weight is 849 g/mol. The first-order valence-corrected chi connectivity index (χ1v) is 20.9. The van der Waals surface area contributed by atoms with Crippen molar-refractivity contribution in [2.75, 3.05) is 103 Å². The van der Waals surface area contributed by atoms with Gasteiger partial charge in [0.2, 0.25) is 53.2 Å². The first-order chi connectivity index (χ1) is 27.2. The molecule has 324 valence electrons. The number of rotatable bonds is 34. The molecule has 0 saturated carbocycles. The molecule has 0 rings (SSSR count). The van der Waals surface area contributed by atoms with E-state index in [-0.39, 0.29) is 143 Å². The maximum atomic E-state index is 12.3. The van der Waals surface area contributed by atoms with E-state index in [1.165, 1.54) is 37.6 Å². The molecule has 10 N–H and O–H groups in total. The molecule has 0 radical (unpaired) electrons. The van der Waals surface area contributed by atoms with Crippen molar-refractivity contribution in [3.63, 3.8) is 0 Å². The van der Waals surface area contributed by atoms with E-state index >= 15 is 0 Å². The predicted molar refractivity (Wildman–Crippen MR) is 215 cm³/mol. The highest BCUT2D eigenvalue weighted by molar-refractivity contribution is 8.00. The standard InChI is InChI=1S/C34H60N10O11S2/c1-35-32(52)23-56-19-9-29(49)41-15-7-27(47)39-13-5-25(45)37-11-3-17-44(22-31(51)43-21-34(54)55)18-4-12-38-26(46)6-14-40-28(48)8-16-42-30(50)10-20-57-24-33(53)36-2/h3-24H2,1-2H3,(H,35,52)(H,36,53)(H,37,45)(H,38,46)(H,39,47)(H,40,48)(H,41,49)(H,42,50)(H,43,51)(H,54,55). The van der Waals surface area contributed by atoms with Gasteiger partial charge in [0.25, 0.3) is 0 Å². The number of aliphatic carboxylic acids is 1. The van der Waals surface area contributed by atoms with E-state index < -0.39 is 18.4 Å². The van der Waals surface area contributed by atoms with Gasteiger partial charge >= 0.3 is 5.97 Å². The van der Waals surface area contributed by atoms with E-state index in [1.54, 1.807) is 4.90 Å². The minimum absolute atomic E-state index is 0.0340. The SMILES string of the molecule is CNC(=O)CSCCC(=O)NCCC(=O)NCCC(=O)NCCCN(CCCNC(=O)CCNC(=O)CCNC(=O)CCSCC(=O)NC)CC(=O)NCC(=O)O. The molecule has 0 aromatic carbocycles. The summed E-state index contributed by atoms with van der Waals surface area (Å²) in [7, 11) is 3.07. The highest BCUT2D eigenvalue weighted by atomic mass is 32.2. The molecular weight excluding hydrogens is 789 g/mol. The molecule has 0 bridgehead atoms. The van der Waals surface area contributed by atoms with Crippen LogP contribution in [0.4, 0.5) is 0 Å². The molecule has 21 nitrogen and oxygen atoms in total. The average Bonchev–Trinajstić information content (AvgIpc) is 3.17. The van der Waals surface area contributed by atoms with Gasteiger partial charge in [-0.2, -0.15) is 23.5 Å². The topological polar surface area (TPSA) is 302 Å². The van der Waals surface area contributed by atoms with E-state index in [0.717, 1.165) is 0 Å². The monoisotopic (exact) mass is 848 g/mol. The third kappa shape index (κ3) is 34.3. The smallest absolute Gasteiger partial charge is 0.322 e. The third-order valence-electron chi connectivity index (χ3n) is 7.42. The van der Waals surface area contributed by atoms with Crippen LogP contribution < -0.4 is 47.9 Å². The second kappa shape index (κ2) is 34.6. The number of thioether (sulfide) groups is 2.